The molecule has 4 nitrogen and oxygen atoms in total. The Morgan fingerprint density at radius 1 is 1.59 bits per heavy atom. The second kappa shape index (κ2) is 4.69. The minimum absolute atomic E-state index is 0.0530. The van der Waals surface area contributed by atoms with Gasteiger partial charge in [0, 0.05) is 6.04 Å². The molecule has 17 heavy (non-hydrogen) atoms. The molecular weight excluding hydrogens is 238 g/mol. The smallest absolute Gasteiger partial charge is 0.245 e. The summed E-state index contributed by atoms with van der Waals surface area (Å²) in [6.45, 7) is 5.74. The van der Waals surface area contributed by atoms with Crippen molar-refractivity contribution in [2.45, 2.75) is 52.1 Å². The monoisotopic (exact) mass is 255 g/mol. The van der Waals surface area contributed by atoms with Gasteiger partial charge in [-0.25, -0.2) is 0 Å². The molecule has 0 spiro atoms. The van der Waals surface area contributed by atoms with E-state index in [1.807, 2.05) is 20.8 Å². The lowest BCUT2D eigenvalue weighted by Crippen LogP contribution is -2.34. The van der Waals surface area contributed by atoms with E-state index in [1.165, 1.54) is 0 Å². The zero-order valence-electron chi connectivity index (χ0n) is 10.5. The van der Waals surface area contributed by atoms with E-state index in [4.69, 9.17) is 11.6 Å². The number of carbonyl (C=O) groups is 1. The maximum absolute atomic E-state index is 12.1. The standard InChI is InChI=1S/C12H18ClN3O/c1-4-10(12(17)14-9-5-6-9)16-8(3)11(13)7(2)15-16/h9-10H,4-6H2,1-3H3,(H,14,17). The first-order chi connectivity index (χ1) is 8.04. The first-order valence-corrected chi connectivity index (χ1v) is 6.44. The summed E-state index contributed by atoms with van der Waals surface area (Å²) in [5.74, 6) is 0.0530. The Kier molecular flexibility index (Phi) is 3.43. The maximum atomic E-state index is 12.1. The van der Waals surface area contributed by atoms with Crippen molar-refractivity contribution in [2.75, 3.05) is 0 Å². The molecule has 0 aliphatic heterocycles. The SMILES string of the molecule is CCC(C(=O)NC1CC1)n1nc(C)c(Cl)c1C. The van der Waals surface area contributed by atoms with Crippen molar-refractivity contribution in [3.05, 3.63) is 16.4 Å². The first kappa shape index (κ1) is 12.4. The van der Waals surface area contributed by atoms with Gasteiger partial charge in [0.2, 0.25) is 5.91 Å². The van der Waals surface area contributed by atoms with Gasteiger partial charge in [-0.15, -0.1) is 0 Å². The van der Waals surface area contributed by atoms with Crippen LogP contribution in [0.15, 0.2) is 0 Å². The van der Waals surface area contributed by atoms with Gasteiger partial charge in [0.1, 0.15) is 6.04 Å². The number of rotatable bonds is 4. The van der Waals surface area contributed by atoms with Gasteiger partial charge in [-0.1, -0.05) is 18.5 Å². The van der Waals surface area contributed by atoms with Gasteiger partial charge < -0.3 is 5.32 Å². The van der Waals surface area contributed by atoms with Gasteiger partial charge in [-0.05, 0) is 33.1 Å². The molecule has 0 bridgehead atoms. The van der Waals surface area contributed by atoms with Crippen LogP contribution in [-0.4, -0.2) is 21.7 Å². The van der Waals surface area contributed by atoms with Crippen molar-refractivity contribution >= 4 is 17.5 Å². The third-order valence-electron chi connectivity index (χ3n) is 3.14. The van der Waals surface area contributed by atoms with Crippen LogP contribution in [0.1, 0.15) is 43.6 Å². The molecule has 1 N–H and O–H groups in total. The van der Waals surface area contributed by atoms with Crippen molar-refractivity contribution in [2.24, 2.45) is 0 Å². The summed E-state index contributed by atoms with van der Waals surface area (Å²) in [7, 11) is 0. The summed E-state index contributed by atoms with van der Waals surface area (Å²) in [6.07, 6.45) is 2.91. The number of nitrogens with one attached hydrogen (secondary N) is 1. The Morgan fingerprint density at radius 2 is 2.24 bits per heavy atom. The number of hydrogen-bond donors (Lipinski definition) is 1. The molecule has 0 aromatic carbocycles. The van der Waals surface area contributed by atoms with E-state index >= 15 is 0 Å². The molecule has 94 valence electrons. The second-order valence-corrected chi connectivity index (χ2v) is 5.01. The summed E-state index contributed by atoms with van der Waals surface area (Å²) < 4.78 is 1.75. The molecule has 2 rings (SSSR count). The molecule has 1 atom stereocenters. The highest BCUT2D eigenvalue weighted by atomic mass is 35.5. The molecule has 1 saturated carbocycles. The molecule has 0 saturated heterocycles. The Bertz CT molecular complexity index is 437. The average Bonchev–Trinajstić information content (AvgIpc) is 3.06. The highest BCUT2D eigenvalue weighted by molar-refractivity contribution is 6.31. The molecule has 1 aromatic rings. The molecule has 1 unspecified atom stereocenters. The minimum atomic E-state index is -0.248. The van der Waals surface area contributed by atoms with Crippen LogP contribution in [0.3, 0.4) is 0 Å². The van der Waals surface area contributed by atoms with Crippen molar-refractivity contribution in [3.63, 3.8) is 0 Å². The van der Waals surface area contributed by atoms with Crippen LogP contribution in [0.5, 0.6) is 0 Å². The molecule has 1 amide bonds. The molecule has 1 heterocycles. The van der Waals surface area contributed by atoms with Gasteiger partial charge in [-0.2, -0.15) is 5.10 Å². The quantitative estimate of drug-likeness (QED) is 0.898. The van der Waals surface area contributed by atoms with Crippen LogP contribution >= 0.6 is 11.6 Å². The summed E-state index contributed by atoms with van der Waals surface area (Å²) in [5.41, 5.74) is 1.64. The minimum Gasteiger partial charge on any atom is -0.352 e. The lowest BCUT2D eigenvalue weighted by Gasteiger charge is -2.17. The summed E-state index contributed by atoms with van der Waals surface area (Å²) in [5, 5.41) is 8.03. The van der Waals surface area contributed by atoms with Crippen LogP contribution in [-0.2, 0) is 4.79 Å². The Hall–Kier alpha value is -1.03. The van der Waals surface area contributed by atoms with E-state index < -0.39 is 0 Å². The van der Waals surface area contributed by atoms with Gasteiger partial charge in [-0.3, -0.25) is 9.48 Å². The fourth-order valence-corrected chi connectivity index (χ4v) is 2.07. The normalized spacial score (nSPS) is 16.9. The third-order valence-corrected chi connectivity index (χ3v) is 3.69. The van der Waals surface area contributed by atoms with Crippen LogP contribution in [0.25, 0.3) is 0 Å². The topological polar surface area (TPSA) is 46.9 Å². The molecule has 5 heteroatoms. The zero-order valence-corrected chi connectivity index (χ0v) is 11.2. The van der Waals surface area contributed by atoms with E-state index in [-0.39, 0.29) is 11.9 Å². The van der Waals surface area contributed by atoms with E-state index in [9.17, 15) is 4.79 Å². The predicted molar refractivity (Wildman–Crippen MR) is 67.2 cm³/mol. The zero-order chi connectivity index (χ0) is 12.6. The maximum Gasteiger partial charge on any atom is 0.245 e. The van der Waals surface area contributed by atoms with Crippen LogP contribution in [0, 0.1) is 13.8 Å². The summed E-state index contributed by atoms with van der Waals surface area (Å²) >= 11 is 6.11. The van der Waals surface area contributed by atoms with Gasteiger partial charge in [0.25, 0.3) is 0 Å². The number of hydrogen-bond acceptors (Lipinski definition) is 2. The van der Waals surface area contributed by atoms with E-state index in [0.717, 1.165) is 30.7 Å². The number of aromatic nitrogens is 2. The molecule has 1 aliphatic rings. The first-order valence-electron chi connectivity index (χ1n) is 6.06. The van der Waals surface area contributed by atoms with Crippen molar-refractivity contribution in [1.29, 1.82) is 0 Å². The lowest BCUT2D eigenvalue weighted by atomic mass is 10.2. The Balaban J connectivity index is 2.21. The highest BCUT2D eigenvalue weighted by Gasteiger charge is 2.29. The molecule has 0 radical (unpaired) electrons. The molecule has 1 aliphatic carbocycles. The van der Waals surface area contributed by atoms with Crippen molar-refractivity contribution in [1.82, 2.24) is 15.1 Å². The number of amides is 1. The van der Waals surface area contributed by atoms with Gasteiger partial charge in [0.15, 0.2) is 0 Å². The van der Waals surface area contributed by atoms with Crippen LogP contribution in [0.2, 0.25) is 5.02 Å². The summed E-state index contributed by atoms with van der Waals surface area (Å²) in [4.78, 5) is 12.1. The Morgan fingerprint density at radius 3 is 2.65 bits per heavy atom. The van der Waals surface area contributed by atoms with Crippen molar-refractivity contribution in [3.8, 4) is 0 Å². The predicted octanol–water partition coefficient (Wildman–Crippen LogP) is 2.38. The van der Waals surface area contributed by atoms with E-state index in [2.05, 4.69) is 10.4 Å². The van der Waals surface area contributed by atoms with Gasteiger partial charge >= 0.3 is 0 Å². The molecular formula is C12H18ClN3O. The number of aryl methyl sites for hydroxylation is 1. The molecule has 1 fully saturated rings. The second-order valence-electron chi connectivity index (χ2n) is 4.64. The largest absolute Gasteiger partial charge is 0.352 e. The van der Waals surface area contributed by atoms with Crippen molar-refractivity contribution < 1.29 is 4.79 Å². The van der Waals surface area contributed by atoms with Gasteiger partial charge in [0.05, 0.1) is 16.4 Å². The fourth-order valence-electron chi connectivity index (χ4n) is 1.94. The Labute approximate surface area is 106 Å². The highest BCUT2D eigenvalue weighted by Crippen LogP contribution is 2.25. The summed E-state index contributed by atoms with van der Waals surface area (Å²) in [6, 6.07) is 0.130. The number of halogens is 1. The number of nitrogens with zero attached hydrogens (tertiary/aromatic N) is 2. The van der Waals surface area contributed by atoms with E-state index in [1.54, 1.807) is 4.68 Å². The average molecular weight is 256 g/mol. The van der Waals surface area contributed by atoms with E-state index in [0.29, 0.717) is 11.1 Å². The molecule has 1 aromatic heterocycles. The fraction of sp³-hybridized carbons (Fsp3) is 0.667. The number of carbonyl (C=O) groups excluding carboxylic acids is 1. The lowest BCUT2D eigenvalue weighted by molar-refractivity contribution is -0.124. The van der Waals surface area contributed by atoms with Crippen LogP contribution < -0.4 is 5.32 Å². The third kappa shape index (κ3) is 2.46. The van der Waals surface area contributed by atoms with Crippen LogP contribution in [0.4, 0.5) is 0 Å².